The number of hydrogen-bond acceptors (Lipinski definition) is 3. The van der Waals surface area contributed by atoms with Gasteiger partial charge in [0.25, 0.3) is 0 Å². The summed E-state index contributed by atoms with van der Waals surface area (Å²) in [7, 11) is 0. The molecule has 4 heteroatoms. The molecule has 2 nitrogen and oxygen atoms in total. The molecule has 2 heterocycles. The molecule has 2 aromatic carbocycles. The Hall–Kier alpha value is -1.54. The highest BCUT2D eigenvalue weighted by Gasteiger charge is 2.46. The minimum atomic E-state index is -0.415. The summed E-state index contributed by atoms with van der Waals surface area (Å²) in [5.74, 6) is 3.00. The van der Waals surface area contributed by atoms with Crippen LogP contribution in [-0.2, 0) is 5.41 Å². The summed E-state index contributed by atoms with van der Waals surface area (Å²) in [6.07, 6.45) is 7.12. The van der Waals surface area contributed by atoms with Gasteiger partial charge in [-0.25, -0.2) is 0 Å². The first-order valence-electron chi connectivity index (χ1n) is 8.32. The van der Waals surface area contributed by atoms with Crippen molar-refractivity contribution in [2.75, 3.05) is 19.6 Å². The van der Waals surface area contributed by atoms with Gasteiger partial charge in [-0.2, -0.15) is 0 Å². The molecule has 0 aromatic heterocycles. The Morgan fingerprint density at radius 2 is 1.68 bits per heavy atom. The van der Waals surface area contributed by atoms with Gasteiger partial charge in [0, 0.05) is 28.4 Å². The minimum absolute atomic E-state index is 0. The predicted octanol–water partition coefficient (Wildman–Crippen LogP) is 4.58. The van der Waals surface area contributed by atoms with Crippen molar-refractivity contribution < 1.29 is 4.79 Å². The lowest BCUT2D eigenvalue weighted by atomic mass is 9.68. The fourth-order valence-electron chi connectivity index (χ4n) is 3.91. The average Bonchev–Trinajstić information content (AvgIpc) is 2.72. The molecule has 2 aromatic rings. The van der Waals surface area contributed by atoms with Crippen LogP contribution in [0.1, 0.15) is 28.8 Å². The number of terminal acetylenes is 1. The van der Waals surface area contributed by atoms with Crippen molar-refractivity contribution in [3.63, 3.8) is 0 Å². The van der Waals surface area contributed by atoms with Crippen LogP contribution in [0.4, 0.5) is 0 Å². The van der Waals surface area contributed by atoms with Gasteiger partial charge in [-0.15, -0.1) is 23.4 Å². The Labute approximate surface area is 163 Å². The highest BCUT2D eigenvalue weighted by molar-refractivity contribution is 8.93. The highest BCUT2D eigenvalue weighted by atomic mass is 79.9. The lowest BCUT2D eigenvalue weighted by Gasteiger charge is -2.40. The average molecular weight is 414 g/mol. The van der Waals surface area contributed by atoms with E-state index in [1.165, 1.54) is 10.5 Å². The summed E-state index contributed by atoms with van der Waals surface area (Å²) in [6.45, 7) is 2.41. The second kappa shape index (κ2) is 7.37. The lowest BCUT2D eigenvalue weighted by molar-refractivity contribution is 0.0778. The number of fused-ring (bicyclic) bond motifs is 3. The minimum Gasteiger partial charge on any atom is -0.293 e. The van der Waals surface area contributed by atoms with Crippen LogP contribution >= 0.6 is 28.7 Å². The molecular formula is C21H20BrNOS. The second-order valence-electron chi connectivity index (χ2n) is 6.49. The number of carbonyl (C=O) groups is 1. The van der Waals surface area contributed by atoms with Crippen molar-refractivity contribution >= 4 is 34.5 Å². The smallest absolute Gasteiger partial charge is 0.174 e. The van der Waals surface area contributed by atoms with Crippen molar-refractivity contribution in [3.8, 4) is 12.3 Å². The van der Waals surface area contributed by atoms with Gasteiger partial charge in [0.05, 0.1) is 12.0 Å². The molecule has 1 fully saturated rings. The molecule has 0 bridgehead atoms. The topological polar surface area (TPSA) is 20.3 Å². The number of likely N-dealkylation sites (tertiary alicyclic amines) is 1. The Balaban J connectivity index is 0.00000182. The van der Waals surface area contributed by atoms with Crippen LogP contribution in [0.25, 0.3) is 0 Å². The maximum Gasteiger partial charge on any atom is 0.174 e. The van der Waals surface area contributed by atoms with Crippen molar-refractivity contribution in [1.82, 2.24) is 4.90 Å². The van der Waals surface area contributed by atoms with E-state index in [0.717, 1.165) is 36.4 Å². The standard InChI is InChI=1S/C21H19NOS.BrH/c1-2-13-22-14-11-21(12-15-22)17-8-4-6-10-19(17)24-18-9-5-3-7-16(18)20(21)23;/h1,3-10H,11-15H2;1H. The number of carbonyl (C=O) groups excluding carboxylic acids is 1. The van der Waals surface area contributed by atoms with Crippen LogP contribution in [0.15, 0.2) is 58.3 Å². The molecule has 0 N–H and O–H groups in total. The van der Waals surface area contributed by atoms with Gasteiger partial charge in [0.15, 0.2) is 5.78 Å². The van der Waals surface area contributed by atoms with E-state index in [0.29, 0.717) is 6.54 Å². The van der Waals surface area contributed by atoms with Gasteiger partial charge in [-0.05, 0) is 30.5 Å². The molecule has 0 unspecified atom stereocenters. The predicted molar refractivity (Wildman–Crippen MR) is 108 cm³/mol. The lowest BCUT2D eigenvalue weighted by Crippen LogP contribution is -2.47. The zero-order valence-corrected chi connectivity index (χ0v) is 16.4. The van der Waals surface area contributed by atoms with Crippen LogP contribution in [0, 0.1) is 12.3 Å². The van der Waals surface area contributed by atoms with E-state index >= 15 is 0 Å². The number of piperidine rings is 1. The summed E-state index contributed by atoms with van der Waals surface area (Å²) in [5, 5.41) is 0. The fraction of sp³-hybridized carbons (Fsp3) is 0.286. The van der Waals surface area contributed by atoms with Crippen LogP contribution in [0.2, 0.25) is 0 Å². The first-order valence-corrected chi connectivity index (χ1v) is 9.13. The third-order valence-corrected chi connectivity index (χ3v) is 6.37. The summed E-state index contributed by atoms with van der Waals surface area (Å²) in [6, 6.07) is 16.4. The Morgan fingerprint density at radius 3 is 2.40 bits per heavy atom. The zero-order chi connectivity index (χ0) is 16.6. The van der Waals surface area contributed by atoms with E-state index in [4.69, 9.17) is 6.42 Å². The molecule has 0 aliphatic carbocycles. The number of nitrogens with zero attached hydrogens (tertiary/aromatic N) is 1. The molecule has 0 amide bonds. The van der Waals surface area contributed by atoms with Crippen molar-refractivity contribution in [2.45, 2.75) is 28.0 Å². The zero-order valence-electron chi connectivity index (χ0n) is 13.9. The number of Topliss-reactive ketones (excluding diaryl/α,β-unsaturated/α-hetero) is 1. The Kier molecular flexibility index (Phi) is 5.38. The summed E-state index contributed by atoms with van der Waals surface area (Å²) >= 11 is 1.72. The molecule has 25 heavy (non-hydrogen) atoms. The first kappa shape index (κ1) is 18.3. The van der Waals surface area contributed by atoms with Crippen molar-refractivity contribution in [2.24, 2.45) is 0 Å². The van der Waals surface area contributed by atoms with Crippen LogP contribution < -0.4 is 0 Å². The summed E-state index contributed by atoms with van der Waals surface area (Å²) in [4.78, 5) is 18.1. The maximum absolute atomic E-state index is 13.6. The van der Waals surface area contributed by atoms with E-state index in [-0.39, 0.29) is 22.8 Å². The normalized spacial score (nSPS) is 18.4. The Morgan fingerprint density at radius 1 is 1.04 bits per heavy atom. The van der Waals surface area contributed by atoms with Gasteiger partial charge < -0.3 is 0 Å². The number of ketones is 1. The summed E-state index contributed by atoms with van der Waals surface area (Å²) in [5.41, 5.74) is 1.64. The fourth-order valence-corrected chi connectivity index (χ4v) is 5.09. The third kappa shape index (κ3) is 3.06. The van der Waals surface area contributed by atoms with E-state index in [1.807, 2.05) is 18.2 Å². The summed E-state index contributed by atoms with van der Waals surface area (Å²) < 4.78 is 0. The quantitative estimate of drug-likeness (QED) is 0.638. The molecule has 0 radical (unpaired) electrons. The van der Waals surface area contributed by atoms with E-state index in [1.54, 1.807) is 11.8 Å². The van der Waals surface area contributed by atoms with Crippen LogP contribution in [0.3, 0.4) is 0 Å². The molecule has 4 rings (SSSR count). The molecule has 1 spiro atoms. The highest BCUT2D eigenvalue weighted by Crippen LogP contribution is 2.48. The third-order valence-electron chi connectivity index (χ3n) is 5.21. The van der Waals surface area contributed by atoms with Gasteiger partial charge >= 0.3 is 0 Å². The van der Waals surface area contributed by atoms with Crippen molar-refractivity contribution in [3.05, 3.63) is 59.7 Å². The van der Waals surface area contributed by atoms with Gasteiger partial charge in [0.2, 0.25) is 0 Å². The van der Waals surface area contributed by atoms with Gasteiger partial charge in [-0.1, -0.05) is 54.1 Å². The number of halogens is 1. The maximum atomic E-state index is 13.6. The Bertz CT molecular complexity index is 834. The van der Waals surface area contributed by atoms with E-state index < -0.39 is 5.41 Å². The van der Waals surface area contributed by atoms with Crippen LogP contribution in [-0.4, -0.2) is 30.3 Å². The number of hydrogen-bond donors (Lipinski definition) is 0. The second-order valence-corrected chi connectivity index (χ2v) is 7.57. The SMILES string of the molecule is Br.C#CCN1CCC2(CC1)C(=O)c1ccccc1Sc1ccccc12. The first-order chi connectivity index (χ1) is 11.7. The number of benzene rings is 2. The largest absolute Gasteiger partial charge is 0.293 e. The van der Waals surface area contributed by atoms with Gasteiger partial charge in [0.1, 0.15) is 0 Å². The molecule has 1 saturated heterocycles. The molecular weight excluding hydrogens is 394 g/mol. The van der Waals surface area contributed by atoms with E-state index in [2.05, 4.69) is 41.2 Å². The van der Waals surface area contributed by atoms with E-state index in [9.17, 15) is 4.79 Å². The monoisotopic (exact) mass is 413 g/mol. The molecule has 2 aliphatic heterocycles. The van der Waals surface area contributed by atoms with Gasteiger partial charge in [-0.3, -0.25) is 9.69 Å². The molecule has 0 saturated carbocycles. The van der Waals surface area contributed by atoms with Crippen LogP contribution in [0.5, 0.6) is 0 Å². The van der Waals surface area contributed by atoms with Crippen molar-refractivity contribution in [1.29, 1.82) is 0 Å². The molecule has 2 aliphatic rings. The molecule has 0 atom stereocenters. The number of rotatable bonds is 1. The molecule has 128 valence electrons.